The van der Waals surface area contributed by atoms with Crippen molar-refractivity contribution < 1.29 is 9.90 Å². The molecule has 0 bridgehead atoms. The molecule has 0 atom stereocenters. The first-order chi connectivity index (χ1) is 14.6. The van der Waals surface area contributed by atoms with Gasteiger partial charge < -0.3 is 20.3 Å². The third-order valence-electron chi connectivity index (χ3n) is 4.93. The molecule has 4 aromatic rings. The van der Waals surface area contributed by atoms with Crippen LogP contribution >= 0.6 is 0 Å². The molecule has 2 aromatic carbocycles. The summed E-state index contributed by atoms with van der Waals surface area (Å²) in [7, 11) is 0. The summed E-state index contributed by atoms with van der Waals surface area (Å²) in [5.41, 5.74) is 9.40. The van der Waals surface area contributed by atoms with Crippen molar-refractivity contribution in [2.75, 3.05) is 17.2 Å². The molecule has 0 unspecified atom stereocenters. The molecule has 0 saturated carbocycles. The molecule has 2 heterocycles. The SMILES string of the molecule is C=CC(=O)N(CCn1cc(-c2ccc(O)cc2)c2c(N)ncnc21)c1ccccc1. The van der Waals surface area contributed by atoms with E-state index in [1.54, 1.807) is 17.0 Å². The van der Waals surface area contributed by atoms with E-state index in [4.69, 9.17) is 5.73 Å². The second-order valence-electron chi connectivity index (χ2n) is 6.77. The summed E-state index contributed by atoms with van der Waals surface area (Å²) < 4.78 is 1.96. The number of amides is 1. The van der Waals surface area contributed by atoms with Crippen LogP contribution in [0.15, 0.2) is 79.8 Å². The minimum Gasteiger partial charge on any atom is -0.508 e. The smallest absolute Gasteiger partial charge is 0.250 e. The number of fused-ring (bicyclic) bond motifs is 1. The molecule has 150 valence electrons. The number of nitrogens with two attached hydrogens (primary N) is 1. The number of para-hydroxylation sites is 1. The number of anilines is 2. The van der Waals surface area contributed by atoms with Gasteiger partial charge in [-0.05, 0) is 35.9 Å². The van der Waals surface area contributed by atoms with E-state index in [-0.39, 0.29) is 11.7 Å². The molecule has 0 fully saturated rings. The third kappa shape index (κ3) is 3.60. The lowest BCUT2D eigenvalue weighted by Gasteiger charge is -2.21. The van der Waals surface area contributed by atoms with Crippen molar-refractivity contribution in [1.29, 1.82) is 0 Å². The van der Waals surface area contributed by atoms with E-state index in [0.717, 1.165) is 22.2 Å². The predicted molar refractivity (Wildman–Crippen MR) is 118 cm³/mol. The van der Waals surface area contributed by atoms with Crippen LogP contribution in [0.4, 0.5) is 11.5 Å². The van der Waals surface area contributed by atoms with Crippen LogP contribution in [0.2, 0.25) is 0 Å². The van der Waals surface area contributed by atoms with Crippen LogP contribution in [0.1, 0.15) is 0 Å². The highest BCUT2D eigenvalue weighted by Crippen LogP contribution is 2.33. The zero-order chi connectivity index (χ0) is 21.1. The van der Waals surface area contributed by atoms with Gasteiger partial charge in [-0.2, -0.15) is 0 Å². The van der Waals surface area contributed by atoms with Gasteiger partial charge in [-0.25, -0.2) is 9.97 Å². The lowest BCUT2D eigenvalue weighted by Crippen LogP contribution is -2.32. The number of carbonyl (C=O) groups is 1. The van der Waals surface area contributed by atoms with Gasteiger partial charge in [0, 0.05) is 30.5 Å². The Bertz CT molecular complexity index is 1200. The van der Waals surface area contributed by atoms with Crippen LogP contribution in [-0.4, -0.2) is 32.1 Å². The highest BCUT2D eigenvalue weighted by molar-refractivity contribution is 6.02. The molecule has 3 N–H and O–H groups in total. The number of nitrogen functional groups attached to an aromatic ring is 1. The van der Waals surface area contributed by atoms with E-state index in [9.17, 15) is 9.90 Å². The molecule has 0 aliphatic heterocycles. The minimum absolute atomic E-state index is 0.175. The Labute approximate surface area is 173 Å². The van der Waals surface area contributed by atoms with Gasteiger partial charge in [0.1, 0.15) is 23.5 Å². The summed E-state index contributed by atoms with van der Waals surface area (Å²) in [5.74, 6) is 0.391. The van der Waals surface area contributed by atoms with E-state index < -0.39 is 0 Å². The highest BCUT2D eigenvalue weighted by atomic mass is 16.3. The maximum Gasteiger partial charge on any atom is 0.250 e. The Morgan fingerprint density at radius 3 is 2.57 bits per heavy atom. The summed E-state index contributed by atoms with van der Waals surface area (Å²) in [6.07, 6.45) is 4.69. The van der Waals surface area contributed by atoms with Crippen molar-refractivity contribution in [2.45, 2.75) is 6.54 Å². The van der Waals surface area contributed by atoms with E-state index >= 15 is 0 Å². The minimum atomic E-state index is -0.175. The fourth-order valence-electron chi connectivity index (χ4n) is 3.47. The number of phenolic OH excluding ortho intramolecular Hbond substituents is 1. The molecule has 7 nitrogen and oxygen atoms in total. The van der Waals surface area contributed by atoms with Gasteiger partial charge in [-0.3, -0.25) is 4.79 Å². The first-order valence-corrected chi connectivity index (χ1v) is 9.46. The molecule has 0 saturated heterocycles. The van der Waals surface area contributed by atoms with Crippen molar-refractivity contribution in [2.24, 2.45) is 0 Å². The molecule has 7 heteroatoms. The maximum absolute atomic E-state index is 12.4. The third-order valence-corrected chi connectivity index (χ3v) is 4.93. The van der Waals surface area contributed by atoms with E-state index in [0.29, 0.717) is 24.6 Å². The number of phenols is 1. The second-order valence-corrected chi connectivity index (χ2v) is 6.77. The van der Waals surface area contributed by atoms with Crippen molar-refractivity contribution in [1.82, 2.24) is 14.5 Å². The topological polar surface area (TPSA) is 97.3 Å². The first kappa shape index (κ1) is 19.2. The maximum atomic E-state index is 12.4. The van der Waals surface area contributed by atoms with Gasteiger partial charge in [0.15, 0.2) is 0 Å². The number of rotatable bonds is 6. The zero-order valence-corrected chi connectivity index (χ0v) is 16.3. The van der Waals surface area contributed by atoms with Crippen LogP contribution in [0.25, 0.3) is 22.2 Å². The number of hydrogen-bond donors (Lipinski definition) is 2. The van der Waals surface area contributed by atoms with Gasteiger partial charge in [0.05, 0.1) is 5.39 Å². The lowest BCUT2D eigenvalue weighted by molar-refractivity contribution is -0.114. The monoisotopic (exact) mass is 399 g/mol. The number of hydrogen-bond acceptors (Lipinski definition) is 5. The molecule has 30 heavy (non-hydrogen) atoms. The summed E-state index contributed by atoms with van der Waals surface area (Å²) in [4.78, 5) is 22.7. The number of benzene rings is 2. The van der Waals surface area contributed by atoms with E-state index in [2.05, 4.69) is 16.5 Å². The van der Waals surface area contributed by atoms with Gasteiger partial charge >= 0.3 is 0 Å². The standard InChI is InChI=1S/C23H21N5O2/c1-2-20(30)28(17-6-4-3-5-7-17)13-12-27-14-19(16-8-10-18(29)11-9-16)21-22(24)25-15-26-23(21)27/h2-11,14-15,29H,1,12-13H2,(H2,24,25,26). The molecule has 0 aliphatic rings. The van der Waals surface area contributed by atoms with Gasteiger partial charge in [-0.1, -0.05) is 36.9 Å². The van der Waals surface area contributed by atoms with Crippen LogP contribution < -0.4 is 10.6 Å². The zero-order valence-electron chi connectivity index (χ0n) is 16.3. The van der Waals surface area contributed by atoms with E-state index in [1.165, 1.54) is 12.4 Å². The molecule has 4 rings (SSSR count). The second kappa shape index (κ2) is 8.08. The molecule has 2 aromatic heterocycles. The number of aromatic hydroxyl groups is 1. The molecule has 0 radical (unpaired) electrons. The largest absolute Gasteiger partial charge is 0.508 e. The van der Waals surface area contributed by atoms with Crippen molar-refractivity contribution >= 4 is 28.4 Å². The van der Waals surface area contributed by atoms with Gasteiger partial charge in [0.25, 0.3) is 0 Å². The number of nitrogens with zero attached hydrogens (tertiary/aromatic N) is 4. The summed E-state index contributed by atoms with van der Waals surface area (Å²) >= 11 is 0. The Morgan fingerprint density at radius 2 is 1.87 bits per heavy atom. The number of carbonyl (C=O) groups excluding carboxylic acids is 1. The van der Waals surface area contributed by atoms with Gasteiger partial charge in [0.2, 0.25) is 5.91 Å². The van der Waals surface area contributed by atoms with Crippen LogP contribution in [-0.2, 0) is 11.3 Å². The molecule has 0 aliphatic carbocycles. The Hall–Kier alpha value is -4.13. The Balaban J connectivity index is 1.72. The summed E-state index contributed by atoms with van der Waals surface area (Å²) in [6, 6.07) is 16.3. The molecular formula is C23H21N5O2. The average Bonchev–Trinajstić information content (AvgIpc) is 3.15. The number of aromatic nitrogens is 3. The lowest BCUT2D eigenvalue weighted by atomic mass is 10.1. The normalized spacial score (nSPS) is 10.8. The van der Waals surface area contributed by atoms with E-state index in [1.807, 2.05) is 53.2 Å². The highest BCUT2D eigenvalue weighted by Gasteiger charge is 2.17. The quantitative estimate of drug-likeness (QED) is 0.483. The summed E-state index contributed by atoms with van der Waals surface area (Å²) in [5, 5.41) is 10.3. The average molecular weight is 399 g/mol. The predicted octanol–water partition coefficient (Wildman–Crippen LogP) is 3.61. The van der Waals surface area contributed by atoms with Crippen molar-refractivity contribution in [3.05, 3.63) is 79.8 Å². The van der Waals surface area contributed by atoms with Crippen LogP contribution in [0.5, 0.6) is 5.75 Å². The van der Waals surface area contributed by atoms with Crippen LogP contribution in [0, 0.1) is 0 Å². The van der Waals surface area contributed by atoms with Crippen molar-refractivity contribution in [3.63, 3.8) is 0 Å². The fourth-order valence-corrected chi connectivity index (χ4v) is 3.47. The first-order valence-electron chi connectivity index (χ1n) is 9.46. The fraction of sp³-hybridized carbons (Fsp3) is 0.0870. The molecule has 0 spiro atoms. The Morgan fingerprint density at radius 1 is 1.13 bits per heavy atom. The molecule has 1 amide bonds. The van der Waals surface area contributed by atoms with Crippen LogP contribution in [0.3, 0.4) is 0 Å². The summed E-state index contributed by atoms with van der Waals surface area (Å²) in [6.45, 7) is 4.55. The van der Waals surface area contributed by atoms with Crippen molar-refractivity contribution in [3.8, 4) is 16.9 Å². The Kier molecular flexibility index (Phi) is 5.17. The molecular weight excluding hydrogens is 378 g/mol. The van der Waals surface area contributed by atoms with Gasteiger partial charge in [-0.15, -0.1) is 0 Å².